The maximum Gasteiger partial charge on any atom is 0.213 e. The first-order valence-corrected chi connectivity index (χ1v) is 7.20. The van der Waals surface area contributed by atoms with E-state index >= 15 is 0 Å². The lowest BCUT2D eigenvalue weighted by molar-refractivity contribution is 0.901. The second-order valence-corrected chi connectivity index (χ2v) is 5.69. The van der Waals surface area contributed by atoms with Gasteiger partial charge in [0.15, 0.2) is 5.82 Å². The van der Waals surface area contributed by atoms with E-state index in [4.69, 9.17) is 17.2 Å². The molecule has 3 aromatic rings. The normalized spacial score (nSPS) is 13.8. The van der Waals surface area contributed by atoms with Crippen LogP contribution in [-0.4, -0.2) is 20.2 Å². The minimum Gasteiger partial charge on any atom is -0.282 e. The van der Waals surface area contributed by atoms with E-state index in [9.17, 15) is 0 Å². The summed E-state index contributed by atoms with van der Waals surface area (Å²) in [6.07, 6.45) is 3.28. The second-order valence-electron chi connectivity index (χ2n) is 5.30. The fraction of sp³-hybridized carbons (Fsp3) is 0.267. The first-order valence-electron chi connectivity index (χ1n) is 6.79. The predicted molar refractivity (Wildman–Crippen MR) is 81.3 cm³/mol. The molecule has 5 heteroatoms. The molecule has 0 atom stereocenters. The molecule has 0 unspecified atom stereocenters. The van der Waals surface area contributed by atoms with Gasteiger partial charge >= 0.3 is 0 Å². The summed E-state index contributed by atoms with van der Waals surface area (Å²) in [5.74, 6) is 0.825. The number of aryl methyl sites for hydroxylation is 2. The van der Waals surface area contributed by atoms with Gasteiger partial charge in [0, 0.05) is 16.6 Å². The number of aromatic nitrogens is 4. The van der Waals surface area contributed by atoms with Crippen molar-refractivity contribution in [1.82, 2.24) is 20.2 Å². The third-order valence-electron chi connectivity index (χ3n) is 3.91. The number of rotatable bonds is 1. The van der Waals surface area contributed by atoms with Crippen LogP contribution in [0.5, 0.6) is 0 Å². The molecular formula is C15H14N4S. The standard InChI is InChI=1S/C15H14N4S/c1-8-5-6-12-10(7-8)13(14-17-15(20)19-18-14)9-3-2-4-11(9)16-12/h5-7H,2-4H2,1H3,(H2,17,18,19,20). The number of pyridine rings is 1. The van der Waals surface area contributed by atoms with Crippen LogP contribution >= 0.6 is 12.2 Å². The molecule has 0 amide bonds. The van der Waals surface area contributed by atoms with Crippen molar-refractivity contribution in [2.45, 2.75) is 26.2 Å². The van der Waals surface area contributed by atoms with Gasteiger partial charge in [0.1, 0.15) is 0 Å². The van der Waals surface area contributed by atoms with Crippen LogP contribution in [0.2, 0.25) is 0 Å². The first kappa shape index (κ1) is 11.8. The molecule has 0 saturated heterocycles. The van der Waals surface area contributed by atoms with Crippen LogP contribution in [0, 0.1) is 11.7 Å². The fourth-order valence-corrected chi connectivity index (χ4v) is 3.18. The van der Waals surface area contributed by atoms with Gasteiger partial charge in [0.2, 0.25) is 4.77 Å². The SMILES string of the molecule is Cc1ccc2nc3c(c(-c4nc(=S)[nH][nH]4)c2c1)CCC3. The second kappa shape index (κ2) is 4.24. The van der Waals surface area contributed by atoms with Gasteiger partial charge in [-0.15, -0.1) is 0 Å². The number of nitrogens with one attached hydrogen (secondary N) is 2. The van der Waals surface area contributed by atoms with Crippen molar-refractivity contribution in [3.05, 3.63) is 39.8 Å². The lowest BCUT2D eigenvalue weighted by Gasteiger charge is -2.10. The maximum atomic E-state index is 5.10. The predicted octanol–water partition coefficient (Wildman–Crippen LogP) is 3.48. The molecule has 100 valence electrons. The van der Waals surface area contributed by atoms with Gasteiger partial charge < -0.3 is 0 Å². The first-order chi connectivity index (χ1) is 9.72. The van der Waals surface area contributed by atoms with Gasteiger partial charge in [-0.25, -0.2) is 0 Å². The minimum atomic E-state index is 0.490. The molecule has 1 aromatic carbocycles. The van der Waals surface area contributed by atoms with E-state index in [-0.39, 0.29) is 0 Å². The van der Waals surface area contributed by atoms with Crippen molar-refractivity contribution in [1.29, 1.82) is 0 Å². The fourth-order valence-electron chi connectivity index (χ4n) is 3.04. The monoisotopic (exact) mass is 282 g/mol. The summed E-state index contributed by atoms with van der Waals surface area (Å²) in [5, 5.41) is 7.15. The minimum absolute atomic E-state index is 0.490. The van der Waals surface area contributed by atoms with E-state index in [1.54, 1.807) is 0 Å². The van der Waals surface area contributed by atoms with Crippen LogP contribution in [0.1, 0.15) is 23.2 Å². The topological polar surface area (TPSA) is 57.4 Å². The summed E-state index contributed by atoms with van der Waals surface area (Å²) in [4.78, 5) is 9.23. The van der Waals surface area contributed by atoms with Gasteiger partial charge in [-0.2, -0.15) is 4.98 Å². The van der Waals surface area contributed by atoms with Crippen molar-refractivity contribution in [2.24, 2.45) is 0 Å². The maximum absolute atomic E-state index is 5.10. The molecule has 0 fully saturated rings. The van der Waals surface area contributed by atoms with E-state index in [1.807, 2.05) is 0 Å². The summed E-state index contributed by atoms with van der Waals surface area (Å²) in [6, 6.07) is 6.38. The summed E-state index contributed by atoms with van der Waals surface area (Å²) in [5.41, 5.74) is 5.96. The Hall–Kier alpha value is -2.01. The average Bonchev–Trinajstić information content (AvgIpc) is 3.04. The molecule has 1 aliphatic rings. The summed E-state index contributed by atoms with van der Waals surface area (Å²) in [7, 11) is 0. The molecule has 0 saturated carbocycles. The molecule has 0 spiro atoms. The van der Waals surface area contributed by atoms with Crippen molar-refractivity contribution in [2.75, 3.05) is 0 Å². The largest absolute Gasteiger partial charge is 0.282 e. The van der Waals surface area contributed by atoms with E-state index in [0.717, 1.165) is 36.0 Å². The van der Waals surface area contributed by atoms with Crippen LogP contribution < -0.4 is 0 Å². The molecule has 2 aromatic heterocycles. The van der Waals surface area contributed by atoms with E-state index < -0.39 is 0 Å². The Labute approximate surface area is 121 Å². The van der Waals surface area contributed by atoms with Crippen molar-refractivity contribution in [3.63, 3.8) is 0 Å². The third kappa shape index (κ3) is 1.70. The van der Waals surface area contributed by atoms with Crippen LogP contribution in [0.15, 0.2) is 18.2 Å². The van der Waals surface area contributed by atoms with Crippen molar-refractivity contribution < 1.29 is 0 Å². The molecule has 20 heavy (non-hydrogen) atoms. The molecule has 2 heterocycles. The Bertz CT molecular complexity index is 875. The van der Waals surface area contributed by atoms with E-state index in [2.05, 4.69) is 40.3 Å². The average molecular weight is 282 g/mol. The highest BCUT2D eigenvalue weighted by Gasteiger charge is 2.22. The molecule has 4 nitrogen and oxygen atoms in total. The Morgan fingerprint density at radius 2 is 2.05 bits per heavy atom. The zero-order valence-electron chi connectivity index (χ0n) is 11.2. The molecule has 4 rings (SSSR count). The van der Waals surface area contributed by atoms with Crippen LogP contribution in [-0.2, 0) is 12.8 Å². The van der Waals surface area contributed by atoms with Gasteiger partial charge in [0.25, 0.3) is 0 Å². The highest BCUT2D eigenvalue weighted by Crippen LogP contribution is 2.35. The van der Waals surface area contributed by atoms with E-state index in [1.165, 1.54) is 22.4 Å². The van der Waals surface area contributed by atoms with Gasteiger partial charge in [-0.05, 0) is 56.1 Å². The Morgan fingerprint density at radius 1 is 1.15 bits per heavy atom. The Morgan fingerprint density at radius 3 is 2.85 bits per heavy atom. The summed E-state index contributed by atoms with van der Waals surface area (Å²) >= 11 is 5.10. The molecule has 0 bridgehead atoms. The van der Waals surface area contributed by atoms with Crippen LogP contribution in [0.3, 0.4) is 0 Å². The number of benzene rings is 1. The quantitative estimate of drug-likeness (QED) is 0.672. The molecule has 0 aliphatic heterocycles. The van der Waals surface area contributed by atoms with Crippen molar-refractivity contribution >= 4 is 23.1 Å². The highest BCUT2D eigenvalue weighted by atomic mass is 32.1. The lowest BCUT2D eigenvalue weighted by atomic mass is 9.99. The number of nitrogens with zero attached hydrogens (tertiary/aromatic N) is 2. The molecule has 0 radical (unpaired) electrons. The number of H-pyrrole nitrogens is 2. The number of hydrogen-bond acceptors (Lipinski definition) is 3. The van der Waals surface area contributed by atoms with Gasteiger partial charge in [-0.3, -0.25) is 15.2 Å². The van der Waals surface area contributed by atoms with Crippen molar-refractivity contribution in [3.8, 4) is 11.4 Å². The summed E-state index contributed by atoms with van der Waals surface area (Å²) < 4.78 is 0.490. The molecule has 1 aliphatic carbocycles. The van der Waals surface area contributed by atoms with Gasteiger partial charge in [-0.1, -0.05) is 11.6 Å². The van der Waals surface area contributed by atoms with Crippen LogP contribution in [0.4, 0.5) is 0 Å². The number of hydrogen-bond donors (Lipinski definition) is 2. The zero-order chi connectivity index (χ0) is 13.7. The lowest BCUT2D eigenvalue weighted by Crippen LogP contribution is -1.97. The summed E-state index contributed by atoms with van der Waals surface area (Å²) in [6.45, 7) is 2.10. The highest BCUT2D eigenvalue weighted by molar-refractivity contribution is 7.71. The van der Waals surface area contributed by atoms with Gasteiger partial charge in [0.05, 0.1) is 5.52 Å². The smallest absolute Gasteiger partial charge is 0.213 e. The Balaban J connectivity index is 2.15. The molecule has 2 N–H and O–H groups in total. The van der Waals surface area contributed by atoms with E-state index in [0.29, 0.717) is 4.77 Å². The number of aromatic amines is 2. The Kier molecular flexibility index (Phi) is 2.50. The third-order valence-corrected chi connectivity index (χ3v) is 4.10. The number of fused-ring (bicyclic) bond motifs is 2. The molecular weight excluding hydrogens is 268 g/mol. The van der Waals surface area contributed by atoms with Crippen LogP contribution in [0.25, 0.3) is 22.3 Å². The zero-order valence-corrected chi connectivity index (χ0v) is 12.0.